The number of oxazole rings is 1. The van der Waals surface area contributed by atoms with E-state index in [0.717, 1.165) is 18.1 Å². The minimum atomic E-state index is -3.70. The molecule has 1 N–H and O–H groups in total. The zero-order valence-electron chi connectivity index (χ0n) is 17.1. The van der Waals surface area contributed by atoms with Gasteiger partial charge in [-0.25, -0.2) is 18.2 Å². The number of aromatic nitrogens is 3. The van der Waals surface area contributed by atoms with E-state index in [9.17, 15) is 13.2 Å². The van der Waals surface area contributed by atoms with Crippen molar-refractivity contribution in [2.24, 2.45) is 7.05 Å². The normalized spacial score (nSPS) is 15.6. The zero-order valence-corrected chi connectivity index (χ0v) is 17.9. The van der Waals surface area contributed by atoms with Crippen molar-refractivity contribution in [3.8, 4) is 0 Å². The lowest BCUT2D eigenvalue weighted by Gasteiger charge is -2.34. The number of benzene rings is 1. The van der Waals surface area contributed by atoms with Gasteiger partial charge in [0.1, 0.15) is 5.82 Å². The van der Waals surface area contributed by atoms with Crippen molar-refractivity contribution in [2.45, 2.75) is 18.7 Å². The molecule has 0 saturated carbocycles. The number of anilines is 2. The Morgan fingerprint density at radius 2 is 1.87 bits per heavy atom. The van der Waals surface area contributed by atoms with Gasteiger partial charge in [0, 0.05) is 51.5 Å². The summed E-state index contributed by atoms with van der Waals surface area (Å²) < 4.78 is 34.1. The van der Waals surface area contributed by atoms with Gasteiger partial charge in [-0.2, -0.15) is 9.29 Å². The van der Waals surface area contributed by atoms with Gasteiger partial charge in [-0.1, -0.05) is 0 Å². The Labute approximate surface area is 174 Å². The van der Waals surface area contributed by atoms with Crippen LogP contribution in [0.4, 0.5) is 11.8 Å². The summed E-state index contributed by atoms with van der Waals surface area (Å²) in [7, 11) is -2.15. The van der Waals surface area contributed by atoms with E-state index < -0.39 is 15.8 Å². The van der Waals surface area contributed by atoms with Crippen molar-refractivity contribution in [2.75, 3.05) is 42.9 Å². The second-order valence-electron chi connectivity index (χ2n) is 7.17. The molecule has 1 saturated heterocycles. The molecule has 11 heteroatoms. The molecule has 4 rings (SSSR count). The lowest BCUT2D eigenvalue weighted by atomic mass is 10.3. The van der Waals surface area contributed by atoms with E-state index in [4.69, 9.17) is 4.42 Å². The fraction of sp³-hybridized carbons (Fsp3) is 0.421. The van der Waals surface area contributed by atoms with Crippen LogP contribution in [-0.4, -0.2) is 60.0 Å². The Kier molecular flexibility index (Phi) is 5.24. The van der Waals surface area contributed by atoms with Crippen LogP contribution in [0.3, 0.4) is 0 Å². The summed E-state index contributed by atoms with van der Waals surface area (Å²) in [5.41, 5.74) is 1.66. The third-order valence-electron chi connectivity index (χ3n) is 5.12. The molecule has 1 aliphatic rings. The third kappa shape index (κ3) is 3.65. The van der Waals surface area contributed by atoms with E-state index in [1.165, 1.54) is 27.1 Å². The molecule has 1 fully saturated rings. The van der Waals surface area contributed by atoms with Crippen LogP contribution < -0.4 is 16.0 Å². The number of sulfonamides is 1. The lowest BCUT2D eigenvalue weighted by Crippen LogP contribution is -2.49. The fourth-order valence-corrected chi connectivity index (χ4v) is 4.95. The Balaban J connectivity index is 1.53. The summed E-state index contributed by atoms with van der Waals surface area (Å²) >= 11 is 0. The maximum absolute atomic E-state index is 13.1. The highest BCUT2D eigenvalue weighted by molar-refractivity contribution is 7.89. The van der Waals surface area contributed by atoms with Gasteiger partial charge in [0.25, 0.3) is 0 Å². The predicted molar refractivity (Wildman–Crippen MR) is 113 cm³/mol. The number of piperazine rings is 1. The molecule has 3 heterocycles. The number of hydrogen-bond acceptors (Lipinski definition) is 8. The second kappa shape index (κ2) is 7.73. The first-order valence-corrected chi connectivity index (χ1v) is 11.2. The largest absolute Gasteiger partial charge is 0.419 e. The standard InChI is InChI=1S/C19H24N6O4S/c1-4-20-17-11-13(2)21-18(22-17)24-7-9-25(10-8-24)30(27,28)14-5-6-16-15(12-14)23(3)19(26)29-16/h5-6,11-12H,4,7-10H2,1-3H3,(H,20,21,22). The molecule has 1 aromatic carbocycles. The average Bonchev–Trinajstić information content (AvgIpc) is 3.01. The highest BCUT2D eigenvalue weighted by atomic mass is 32.2. The molecule has 10 nitrogen and oxygen atoms in total. The molecule has 30 heavy (non-hydrogen) atoms. The molecule has 2 aromatic heterocycles. The van der Waals surface area contributed by atoms with Gasteiger partial charge >= 0.3 is 5.76 Å². The Bertz CT molecular complexity index is 1240. The van der Waals surface area contributed by atoms with E-state index in [1.807, 2.05) is 24.8 Å². The van der Waals surface area contributed by atoms with E-state index in [2.05, 4.69) is 15.3 Å². The van der Waals surface area contributed by atoms with Crippen LogP contribution in [-0.2, 0) is 17.1 Å². The van der Waals surface area contributed by atoms with Gasteiger partial charge in [0.05, 0.1) is 10.4 Å². The van der Waals surface area contributed by atoms with E-state index >= 15 is 0 Å². The van der Waals surface area contributed by atoms with Crippen molar-refractivity contribution in [3.05, 3.63) is 40.5 Å². The number of rotatable bonds is 5. The van der Waals surface area contributed by atoms with Gasteiger partial charge in [-0.3, -0.25) is 4.57 Å². The van der Waals surface area contributed by atoms with E-state index in [1.54, 1.807) is 7.05 Å². The molecule has 0 radical (unpaired) electrons. The van der Waals surface area contributed by atoms with Crippen molar-refractivity contribution in [1.29, 1.82) is 0 Å². The molecule has 0 aliphatic carbocycles. The lowest BCUT2D eigenvalue weighted by molar-refractivity contribution is 0.382. The molecule has 160 valence electrons. The van der Waals surface area contributed by atoms with Crippen molar-refractivity contribution in [3.63, 3.8) is 0 Å². The average molecular weight is 433 g/mol. The molecule has 0 atom stereocenters. The number of aryl methyl sites for hydroxylation is 2. The summed E-state index contributed by atoms with van der Waals surface area (Å²) in [5, 5.41) is 3.19. The number of nitrogens with zero attached hydrogens (tertiary/aromatic N) is 5. The summed E-state index contributed by atoms with van der Waals surface area (Å²) in [5.74, 6) is 0.829. The summed E-state index contributed by atoms with van der Waals surface area (Å²) in [4.78, 5) is 22.8. The highest BCUT2D eigenvalue weighted by Gasteiger charge is 2.30. The summed E-state index contributed by atoms with van der Waals surface area (Å²) in [6.07, 6.45) is 0. The number of nitrogens with one attached hydrogen (secondary N) is 1. The minimum absolute atomic E-state index is 0.140. The van der Waals surface area contributed by atoms with Crippen molar-refractivity contribution >= 4 is 32.9 Å². The van der Waals surface area contributed by atoms with Gasteiger partial charge in [-0.15, -0.1) is 0 Å². The summed E-state index contributed by atoms with van der Waals surface area (Å²) in [6.45, 7) is 6.28. The molecular formula is C19H24N6O4S. The van der Waals surface area contributed by atoms with Crippen LogP contribution in [0.15, 0.2) is 38.4 Å². The first-order chi connectivity index (χ1) is 14.3. The zero-order chi connectivity index (χ0) is 21.5. The monoisotopic (exact) mass is 432 g/mol. The quantitative estimate of drug-likeness (QED) is 0.639. The van der Waals surface area contributed by atoms with Crippen molar-refractivity contribution in [1.82, 2.24) is 18.8 Å². The molecule has 0 amide bonds. The molecule has 0 bridgehead atoms. The topological polar surface area (TPSA) is 114 Å². The molecule has 3 aromatic rings. The summed E-state index contributed by atoms with van der Waals surface area (Å²) in [6, 6.07) is 6.35. The second-order valence-corrected chi connectivity index (χ2v) is 9.11. The first-order valence-electron chi connectivity index (χ1n) is 9.74. The van der Waals surface area contributed by atoms with Crippen molar-refractivity contribution < 1.29 is 12.8 Å². The molecule has 0 unspecified atom stereocenters. The number of hydrogen-bond donors (Lipinski definition) is 1. The predicted octanol–water partition coefficient (Wildman–Crippen LogP) is 1.17. The van der Waals surface area contributed by atoms with Crippen LogP contribution in [0.25, 0.3) is 11.1 Å². The van der Waals surface area contributed by atoms with Gasteiger partial charge in [-0.05, 0) is 32.0 Å². The minimum Gasteiger partial charge on any atom is -0.408 e. The molecular weight excluding hydrogens is 408 g/mol. The van der Waals surface area contributed by atoms with Crippen LogP contribution in [0.2, 0.25) is 0 Å². The van der Waals surface area contributed by atoms with Crippen LogP contribution in [0.1, 0.15) is 12.6 Å². The Morgan fingerprint density at radius 3 is 2.57 bits per heavy atom. The van der Waals surface area contributed by atoms with E-state index in [-0.39, 0.29) is 4.90 Å². The Morgan fingerprint density at radius 1 is 1.13 bits per heavy atom. The SMILES string of the molecule is CCNc1cc(C)nc(N2CCN(S(=O)(=O)c3ccc4oc(=O)n(C)c4c3)CC2)n1. The maximum atomic E-state index is 13.1. The maximum Gasteiger partial charge on any atom is 0.419 e. The highest BCUT2D eigenvalue weighted by Crippen LogP contribution is 2.23. The van der Waals surface area contributed by atoms with Gasteiger partial charge < -0.3 is 14.6 Å². The molecule has 1 aliphatic heterocycles. The number of fused-ring (bicyclic) bond motifs is 1. The van der Waals surface area contributed by atoms with E-state index in [0.29, 0.717) is 43.2 Å². The third-order valence-corrected chi connectivity index (χ3v) is 7.02. The fourth-order valence-electron chi connectivity index (χ4n) is 3.51. The van der Waals surface area contributed by atoms with Gasteiger partial charge in [0.2, 0.25) is 16.0 Å². The van der Waals surface area contributed by atoms with Crippen LogP contribution in [0.5, 0.6) is 0 Å². The smallest absolute Gasteiger partial charge is 0.408 e. The molecule has 0 spiro atoms. The van der Waals surface area contributed by atoms with Crippen LogP contribution in [0, 0.1) is 6.92 Å². The first kappa shape index (κ1) is 20.4. The Hall–Kier alpha value is -2.92. The van der Waals surface area contributed by atoms with Gasteiger partial charge in [0.15, 0.2) is 5.58 Å². The van der Waals surface area contributed by atoms with Crippen LogP contribution >= 0.6 is 0 Å².